The molecule has 0 amide bonds. The summed E-state index contributed by atoms with van der Waals surface area (Å²) < 4.78 is 11.9. The van der Waals surface area contributed by atoms with Crippen LogP contribution in [-0.4, -0.2) is 47.7 Å². The van der Waals surface area contributed by atoms with E-state index >= 15 is 0 Å². The van der Waals surface area contributed by atoms with Gasteiger partial charge in [-0.25, -0.2) is 0 Å². The van der Waals surface area contributed by atoms with Gasteiger partial charge in [-0.2, -0.15) is 0 Å². The second kappa shape index (κ2) is 12.5. The van der Waals surface area contributed by atoms with Gasteiger partial charge in [0.05, 0.1) is 18.3 Å². The Balaban J connectivity index is 1.64. The van der Waals surface area contributed by atoms with Gasteiger partial charge in [0.1, 0.15) is 0 Å². The zero-order valence-electron chi connectivity index (χ0n) is 16.9. The van der Waals surface area contributed by atoms with Crippen molar-refractivity contribution in [3.8, 4) is 0 Å². The van der Waals surface area contributed by atoms with Crippen LogP contribution in [0, 0.1) is 11.8 Å². The van der Waals surface area contributed by atoms with Crippen LogP contribution in [0.25, 0.3) is 0 Å². The van der Waals surface area contributed by atoms with Crippen molar-refractivity contribution in [2.24, 2.45) is 11.8 Å². The summed E-state index contributed by atoms with van der Waals surface area (Å²) in [4.78, 5) is 10.5. The highest BCUT2D eigenvalue weighted by molar-refractivity contribution is 5.66. The maximum absolute atomic E-state index is 10.5. The van der Waals surface area contributed by atoms with Crippen LogP contribution < -0.4 is 0 Å². The fourth-order valence-electron chi connectivity index (χ4n) is 4.39. The maximum atomic E-state index is 10.5. The fraction of sp³-hybridized carbons (Fsp3) is 0.864. The van der Waals surface area contributed by atoms with Crippen molar-refractivity contribution in [2.45, 2.75) is 95.9 Å². The van der Waals surface area contributed by atoms with Crippen LogP contribution in [0.5, 0.6) is 0 Å². The normalized spacial score (nSPS) is 28.2. The number of hydrogen-bond donors (Lipinski definition) is 2. The summed E-state index contributed by atoms with van der Waals surface area (Å²) in [5, 5.41) is 18.8. The number of carboxylic acids is 1. The van der Waals surface area contributed by atoms with Gasteiger partial charge in [0, 0.05) is 25.6 Å². The maximum Gasteiger partial charge on any atom is 0.303 e. The minimum atomic E-state index is -0.721. The van der Waals surface area contributed by atoms with Crippen LogP contribution in [0.4, 0.5) is 0 Å². The van der Waals surface area contributed by atoms with Crippen LogP contribution >= 0.6 is 0 Å². The SMILES string of the molecule is CCCCCC(O)C=C[C@@H]1[C@H](CCOCCCCCC(=O)O)[C@@H]2CC[C@H]1O2. The number of hydrogen-bond acceptors (Lipinski definition) is 4. The summed E-state index contributed by atoms with van der Waals surface area (Å²) in [7, 11) is 0. The number of unbranched alkanes of at least 4 members (excludes halogenated alkanes) is 4. The van der Waals surface area contributed by atoms with Gasteiger partial charge in [0.25, 0.3) is 0 Å². The molecule has 2 bridgehead atoms. The topological polar surface area (TPSA) is 76.0 Å². The Kier molecular flexibility index (Phi) is 10.4. The number of aliphatic hydroxyl groups is 1. The van der Waals surface area contributed by atoms with Crippen molar-refractivity contribution in [3.05, 3.63) is 12.2 Å². The zero-order chi connectivity index (χ0) is 19.5. The average Bonchev–Trinajstić information content (AvgIpc) is 3.24. The highest BCUT2D eigenvalue weighted by Crippen LogP contribution is 2.45. The monoisotopic (exact) mass is 382 g/mol. The first-order valence-electron chi connectivity index (χ1n) is 10.9. The van der Waals surface area contributed by atoms with Crippen molar-refractivity contribution in [3.63, 3.8) is 0 Å². The lowest BCUT2D eigenvalue weighted by atomic mass is 9.77. The Morgan fingerprint density at radius 2 is 1.96 bits per heavy atom. The third-order valence-corrected chi connectivity index (χ3v) is 5.92. The number of aliphatic hydroxyl groups excluding tert-OH is 1. The van der Waals surface area contributed by atoms with Gasteiger partial charge >= 0.3 is 5.97 Å². The molecule has 5 heteroatoms. The van der Waals surface area contributed by atoms with E-state index in [2.05, 4.69) is 13.0 Å². The van der Waals surface area contributed by atoms with Crippen molar-refractivity contribution in [1.82, 2.24) is 0 Å². The van der Waals surface area contributed by atoms with Crippen LogP contribution in [0.1, 0.15) is 77.6 Å². The van der Waals surface area contributed by atoms with E-state index in [1.807, 2.05) is 6.08 Å². The van der Waals surface area contributed by atoms with E-state index in [1.165, 1.54) is 12.8 Å². The van der Waals surface area contributed by atoms with Gasteiger partial charge in [-0.15, -0.1) is 0 Å². The molecule has 156 valence electrons. The van der Waals surface area contributed by atoms with Crippen molar-refractivity contribution >= 4 is 5.97 Å². The number of rotatable bonds is 15. The molecule has 2 rings (SSSR count). The second-order valence-electron chi connectivity index (χ2n) is 8.09. The van der Waals surface area contributed by atoms with E-state index in [4.69, 9.17) is 14.6 Å². The summed E-state index contributed by atoms with van der Waals surface area (Å²) in [6.45, 7) is 3.62. The molecule has 2 aliphatic rings. The molecule has 27 heavy (non-hydrogen) atoms. The predicted octanol–water partition coefficient (Wildman–Crippen LogP) is 4.33. The molecule has 2 N–H and O–H groups in total. The minimum absolute atomic E-state index is 0.251. The minimum Gasteiger partial charge on any atom is -0.481 e. The molecule has 5 nitrogen and oxygen atoms in total. The van der Waals surface area contributed by atoms with Crippen LogP contribution in [0.15, 0.2) is 12.2 Å². The third kappa shape index (κ3) is 7.92. The largest absolute Gasteiger partial charge is 0.481 e. The molecule has 0 radical (unpaired) electrons. The molecule has 1 unspecified atom stereocenters. The van der Waals surface area contributed by atoms with Crippen LogP contribution in [0.3, 0.4) is 0 Å². The van der Waals surface area contributed by atoms with Crippen LogP contribution in [0.2, 0.25) is 0 Å². The Hall–Kier alpha value is -0.910. The lowest BCUT2D eigenvalue weighted by molar-refractivity contribution is -0.137. The van der Waals surface area contributed by atoms with Crippen molar-refractivity contribution in [1.29, 1.82) is 0 Å². The average molecular weight is 383 g/mol. The van der Waals surface area contributed by atoms with E-state index in [1.54, 1.807) is 0 Å². The summed E-state index contributed by atoms with van der Waals surface area (Å²) in [6, 6.07) is 0. The number of aliphatic carboxylic acids is 1. The molecule has 0 spiro atoms. The van der Waals surface area contributed by atoms with E-state index < -0.39 is 5.97 Å². The van der Waals surface area contributed by atoms with Crippen LogP contribution in [-0.2, 0) is 14.3 Å². The van der Waals surface area contributed by atoms with Gasteiger partial charge < -0.3 is 19.7 Å². The van der Waals surface area contributed by atoms with Gasteiger partial charge in [0.15, 0.2) is 0 Å². The quantitative estimate of drug-likeness (QED) is 0.326. The summed E-state index contributed by atoms with van der Waals surface area (Å²) in [5.41, 5.74) is 0. The molecule has 0 aromatic heterocycles. The Labute approximate surface area is 164 Å². The number of carboxylic acid groups (broad SMARTS) is 1. The molecule has 0 aliphatic carbocycles. The number of carbonyl (C=O) groups is 1. The molecular formula is C22H38O5. The number of fused-ring (bicyclic) bond motifs is 2. The first-order chi connectivity index (χ1) is 13.1. The van der Waals surface area contributed by atoms with Gasteiger partial charge in [0.2, 0.25) is 0 Å². The van der Waals surface area contributed by atoms with Gasteiger partial charge in [-0.05, 0) is 44.4 Å². The molecule has 0 aromatic carbocycles. The highest BCUT2D eigenvalue weighted by atomic mass is 16.5. The van der Waals surface area contributed by atoms with Gasteiger partial charge in [-0.3, -0.25) is 4.79 Å². The molecule has 0 saturated carbocycles. The van der Waals surface area contributed by atoms with E-state index in [9.17, 15) is 9.90 Å². The first-order valence-corrected chi connectivity index (χ1v) is 10.9. The van der Waals surface area contributed by atoms with E-state index in [-0.39, 0.29) is 12.5 Å². The highest BCUT2D eigenvalue weighted by Gasteiger charge is 2.47. The standard InChI is InChI=1S/C22H38O5/c1-2-3-5-8-17(23)10-11-18-19(21-13-12-20(18)27-21)14-16-26-15-7-4-6-9-22(24)25/h10-11,17-21,23H,2-9,12-16H2,1H3,(H,24,25)/t17?,18-,19+,20-,21+/m1/s1. The molecule has 0 aromatic rings. The van der Waals surface area contributed by atoms with Gasteiger partial charge in [-0.1, -0.05) is 44.8 Å². The molecule has 2 saturated heterocycles. The van der Waals surface area contributed by atoms with E-state index in [0.717, 1.165) is 58.0 Å². The third-order valence-electron chi connectivity index (χ3n) is 5.92. The molecule has 2 aliphatic heterocycles. The van der Waals surface area contributed by atoms with E-state index in [0.29, 0.717) is 30.7 Å². The molecule has 2 fully saturated rings. The zero-order valence-corrected chi connectivity index (χ0v) is 16.9. The molecular weight excluding hydrogens is 344 g/mol. The molecule has 2 heterocycles. The Morgan fingerprint density at radius 1 is 1.15 bits per heavy atom. The smallest absolute Gasteiger partial charge is 0.303 e. The summed E-state index contributed by atoms with van der Waals surface area (Å²) in [6.07, 6.45) is 14.9. The Morgan fingerprint density at radius 3 is 2.74 bits per heavy atom. The summed E-state index contributed by atoms with van der Waals surface area (Å²) in [5.74, 6) is 0.181. The number of ether oxygens (including phenoxy) is 2. The molecule has 5 atom stereocenters. The lowest BCUT2D eigenvalue weighted by Crippen LogP contribution is -2.27. The summed E-state index contributed by atoms with van der Waals surface area (Å²) >= 11 is 0. The Bertz CT molecular complexity index is 450. The first kappa shape index (κ1) is 22.4. The fourth-order valence-corrected chi connectivity index (χ4v) is 4.39. The van der Waals surface area contributed by atoms with Crippen molar-refractivity contribution < 1.29 is 24.5 Å². The second-order valence-corrected chi connectivity index (χ2v) is 8.09. The predicted molar refractivity (Wildman–Crippen MR) is 106 cm³/mol. The lowest BCUT2D eigenvalue weighted by Gasteiger charge is -2.26. The van der Waals surface area contributed by atoms with Crippen molar-refractivity contribution in [2.75, 3.05) is 13.2 Å².